The lowest BCUT2D eigenvalue weighted by Crippen LogP contribution is -2.36. The molecule has 0 radical (unpaired) electrons. The summed E-state index contributed by atoms with van der Waals surface area (Å²) in [5.41, 5.74) is 11.1. The Morgan fingerprint density at radius 1 is 1.40 bits per heavy atom. The molecule has 1 atom stereocenters. The Hall–Kier alpha value is -1.60. The van der Waals surface area contributed by atoms with Crippen LogP contribution in [0.3, 0.4) is 0 Å². The van der Waals surface area contributed by atoms with Crippen LogP contribution in [0.1, 0.15) is 30.1 Å². The van der Waals surface area contributed by atoms with E-state index in [1.807, 2.05) is 6.92 Å². The monoisotopic (exact) mass is 297 g/mol. The van der Waals surface area contributed by atoms with Crippen LogP contribution in [-0.2, 0) is 10.0 Å². The molecule has 6 nitrogen and oxygen atoms in total. The minimum absolute atomic E-state index is 0.0116. The van der Waals surface area contributed by atoms with Crippen molar-refractivity contribution in [2.75, 3.05) is 12.8 Å². The molecule has 1 fully saturated rings. The highest BCUT2D eigenvalue weighted by Gasteiger charge is 2.36. The van der Waals surface area contributed by atoms with Crippen molar-refractivity contribution in [3.63, 3.8) is 0 Å². The van der Waals surface area contributed by atoms with Gasteiger partial charge in [0, 0.05) is 18.7 Å². The first-order valence-corrected chi connectivity index (χ1v) is 7.86. The quantitative estimate of drug-likeness (QED) is 0.783. The maximum atomic E-state index is 12.5. The summed E-state index contributed by atoms with van der Waals surface area (Å²) in [7, 11) is -2.10. The topological polar surface area (TPSA) is 106 Å². The zero-order chi connectivity index (χ0) is 15.1. The standard InChI is InChI=1S/C13H19N3O3S/c1-8(9-3-4-9)16(2)20(18,19)12-6-5-10(13(15)17)7-11(12)14/h5-9H,3-4,14H2,1-2H3,(H2,15,17). The Kier molecular flexibility index (Phi) is 3.75. The van der Waals surface area contributed by atoms with Crippen LogP contribution in [-0.4, -0.2) is 31.7 Å². The van der Waals surface area contributed by atoms with Gasteiger partial charge in [0.1, 0.15) is 4.90 Å². The number of nitrogens with zero attached hydrogens (tertiary/aromatic N) is 1. The summed E-state index contributed by atoms with van der Waals surface area (Å²) in [6.07, 6.45) is 2.11. The Morgan fingerprint density at radius 3 is 2.45 bits per heavy atom. The van der Waals surface area contributed by atoms with Gasteiger partial charge in [-0.3, -0.25) is 4.79 Å². The molecule has 110 valence electrons. The highest BCUT2D eigenvalue weighted by atomic mass is 32.2. The molecule has 1 aliphatic rings. The van der Waals surface area contributed by atoms with Gasteiger partial charge >= 0.3 is 0 Å². The van der Waals surface area contributed by atoms with E-state index >= 15 is 0 Å². The van der Waals surface area contributed by atoms with E-state index in [2.05, 4.69) is 0 Å². The first kappa shape index (κ1) is 14.8. The van der Waals surface area contributed by atoms with Crippen LogP contribution in [0.15, 0.2) is 23.1 Å². The van der Waals surface area contributed by atoms with E-state index in [0.29, 0.717) is 5.92 Å². The highest BCUT2D eigenvalue weighted by Crippen LogP contribution is 2.37. The second-order valence-corrected chi connectivity index (χ2v) is 7.18. The SMILES string of the molecule is CC(C1CC1)N(C)S(=O)(=O)c1ccc(C(N)=O)cc1N. The summed E-state index contributed by atoms with van der Waals surface area (Å²) < 4.78 is 26.4. The molecule has 0 aromatic heterocycles. The number of carbonyl (C=O) groups is 1. The maximum Gasteiger partial charge on any atom is 0.248 e. The number of sulfonamides is 1. The Bertz CT molecular complexity index is 638. The van der Waals surface area contributed by atoms with E-state index < -0.39 is 15.9 Å². The van der Waals surface area contributed by atoms with E-state index in [1.165, 1.54) is 22.5 Å². The van der Waals surface area contributed by atoms with E-state index in [1.54, 1.807) is 7.05 Å². The molecular formula is C13H19N3O3S. The molecule has 0 aliphatic heterocycles. The first-order chi connectivity index (χ1) is 9.25. The number of carbonyl (C=O) groups excluding carboxylic acids is 1. The number of benzene rings is 1. The molecule has 7 heteroatoms. The average Bonchev–Trinajstić information content (AvgIpc) is 3.20. The molecule has 1 aliphatic carbocycles. The molecule has 0 heterocycles. The summed E-state index contributed by atoms with van der Waals surface area (Å²) in [5, 5.41) is 0. The van der Waals surface area contributed by atoms with E-state index in [0.717, 1.165) is 12.8 Å². The fraction of sp³-hybridized carbons (Fsp3) is 0.462. The van der Waals surface area contributed by atoms with Crippen LogP contribution in [0.4, 0.5) is 5.69 Å². The molecule has 1 aromatic rings. The molecule has 0 saturated heterocycles. The number of amides is 1. The van der Waals surface area contributed by atoms with Crippen molar-refractivity contribution in [3.8, 4) is 0 Å². The van der Waals surface area contributed by atoms with E-state index in [-0.39, 0.29) is 22.2 Å². The smallest absolute Gasteiger partial charge is 0.248 e. The number of nitrogen functional groups attached to an aromatic ring is 1. The third-order valence-electron chi connectivity index (χ3n) is 3.83. The zero-order valence-corrected chi connectivity index (χ0v) is 12.4. The lowest BCUT2D eigenvalue weighted by atomic mass is 10.2. The largest absolute Gasteiger partial charge is 0.398 e. The molecule has 1 aromatic carbocycles. The summed E-state index contributed by atoms with van der Waals surface area (Å²) >= 11 is 0. The van der Waals surface area contributed by atoms with E-state index in [9.17, 15) is 13.2 Å². The second kappa shape index (κ2) is 5.06. The molecule has 1 saturated carbocycles. The van der Waals surface area contributed by atoms with Gasteiger partial charge in [0.25, 0.3) is 0 Å². The number of anilines is 1. The molecule has 0 bridgehead atoms. The first-order valence-electron chi connectivity index (χ1n) is 6.42. The average molecular weight is 297 g/mol. The lowest BCUT2D eigenvalue weighted by molar-refractivity contribution is 0.1000. The number of rotatable bonds is 5. The third kappa shape index (κ3) is 2.64. The summed E-state index contributed by atoms with van der Waals surface area (Å²) in [6, 6.07) is 3.95. The van der Waals surface area contributed by atoms with Crippen LogP contribution >= 0.6 is 0 Å². The van der Waals surface area contributed by atoms with Gasteiger partial charge in [-0.15, -0.1) is 0 Å². The van der Waals surface area contributed by atoms with Gasteiger partial charge < -0.3 is 11.5 Å². The fourth-order valence-electron chi connectivity index (χ4n) is 2.19. The van der Waals surface area contributed by atoms with Gasteiger partial charge in [-0.05, 0) is 43.9 Å². The van der Waals surface area contributed by atoms with Crippen LogP contribution in [0.2, 0.25) is 0 Å². The Balaban J connectivity index is 2.36. The Morgan fingerprint density at radius 2 is 2.00 bits per heavy atom. The Labute approximate surface area is 118 Å². The third-order valence-corrected chi connectivity index (χ3v) is 5.85. The molecule has 1 amide bonds. The molecule has 20 heavy (non-hydrogen) atoms. The van der Waals surface area contributed by atoms with Gasteiger partial charge in [0.2, 0.25) is 15.9 Å². The van der Waals surface area contributed by atoms with Gasteiger partial charge in [-0.1, -0.05) is 0 Å². The zero-order valence-electron chi connectivity index (χ0n) is 11.5. The molecule has 2 rings (SSSR count). The normalized spacial score (nSPS) is 17.1. The van der Waals surface area contributed by atoms with Gasteiger partial charge in [-0.2, -0.15) is 4.31 Å². The van der Waals surface area contributed by atoms with Gasteiger partial charge in [0.15, 0.2) is 0 Å². The summed E-state index contributed by atoms with van der Waals surface area (Å²) in [4.78, 5) is 11.1. The lowest BCUT2D eigenvalue weighted by Gasteiger charge is -2.24. The number of nitrogens with two attached hydrogens (primary N) is 2. The van der Waals surface area contributed by atoms with Crippen molar-refractivity contribution < 1.29 is 13.2 Å². The molecule has 0 spiro atoms. The van der Waals surface area contributed by atoms with Crippen molar-refractivity contribution in [1.29, 1.82) is 0 Å². The predicted octanol–water partition coefficient (Wildman–Crippen LogP) is 0.787. The minimum Gasteiger partial charge on any atom is -0.398 e. The molecule has 4 N–H and O–H groups in total. The van der Waals surface area contributed by atoms with Gasteiger partial charge in [0.05, 0.1) is 5.69 Å². The minimum atomic E-state index is -3.66. The van der Waals surface area contributed by atoms with Crippen molar-refractivity contribution in [2.24, 2.45) is 11.7 Å². The van der Waals surface area contributed by atoms with Gasteiger partial charge in [-0.25, -0.2) is 8.42 Å². The van der Waals surface area contributed by atoms with E-state index in [4.69, 9.17) is 11.5 Å². The highest BCUT2D eigenvalue weighted by molar-refractivity contribution is 7.89. The summed E-state index contributed by atoms with van der Waals surface area (Å²) in [5.74, 6) is -0.221. The van der Waals surface area contributed by atoms with Crippen LogP contribution in [0.25, 0.3) is 0 Å². The summed E-state index contributed by atoms with van der Waals surface area (Å²) in [6.45, 7) is 1.89. The number of hydrogen-bond donors (Lipinski definition) is 2. The van der Waals surface area contributed by atoms with Crippen molar-refractivity contribution in [1.82, 2.24) is 4.31 Å². The van der Waals surface area contributed by atoms with Crippen LogP contribution in [0.5, 0.6) is 0 Å². The van der Waals surface area contributed by atoms with Crippen molar-refractivity contribution >= 4 is 21.6 Å². The van der Waals surface area contributed by atoms with Crippen LogP contribution < -0.4 is 11.5 Å². The predicted molar refractivity (Wildman–Crippen MR) is 76.5 cm³/mol. The van der Waals surface area contributed by atoms with Crippen molar-refractivity contribution in [3.05, 3.63) is 23.8 Å². The fourth-order valence-corrected chi connectivity index (χ4v) is 3.70. The maximum absolute atomic E-state index is 12.5. The second-order valence-electron chi connectivity index (χ2n) is 5.22. The van der Waals surface area contributed by atoms with Crippen molar-refractivity contribution in [2.45, 2.75) is 30.7 Å². The number of primary amides is 1. The molecule has 1 unspecified atom stereocenters. The van der Waals surface area contributed by atoms with Crippen LogP contribution in [0, 0.1) is 5.92 Å². The number of hydrogen-bond acceptors (Lipinski definition) is 4. The molecular weight excluding hydrogens is 278 g/mol.